The maximum atomic E-state index is 11.7. The van der Waals surface area contributed by atoms with E-state index in [-0.39, 0.29) is 18.6 Å². The molecule has 0 saturated heterocycles. The highest BCUT2D eigenvalue weighted by molar-refractivity contribution is 5.73. The van der Waals surface area contributed by atoms with E-state index in [0.29, 0.717) is 19.1 Å². The van der Waals surface area contributed by atoms with Crippen LogP contribution in [-0.4, -0.2) is 38.4 Å². The lowest BCUT2D eigenvalue weighted by Gasteiger charge is -2.22. The second kappa shape index (κ2) is 20.5. The molecule has 5 heteroatoms. The standard InChI is InChI=1S/C27H52O5/c1-6-7-8-9-10-11-12-13-14-15-16-17-18-19-31-25(28)22-30-23-26(29)32-21-24(2)20-27(3,4)5/h24H,6-23H2,1-5H3. The highest BCUT2D eigenvalue weighted by atomic mass is 16.6. The zero-order valence-electron chi connectivity index (χ0n) is 21.8. The summed E-state index contributed by atoms with van der Waals surface area (Å²) in [5.41, 5.74) is 0.208. The van der Waals surface area contributed by atoms with Gasteiger partial charge < -0.3 is 14.2 Å². The molecule has 0 bridgehead atoms. The number of ether oxygens (including phenoxy) is 3. The lowest BCUT2D eigenvalue weighted by Crippen LogP contribution is -2.22. The number of unbranched alkanes of at least 4 members (excludes halogenated alkanes) is 12. The van der Waals surface area contributed by atoms with Crippen molar-refractivity contribution in [3.05, 3.63) is 0 Å². The van der Waals surface area contributed by atoms with Crippen LogP contribution in [0.4, 0.5) is 0 Å². The van der Waals surface area contributed by atoms with Crippen molar-refractivity contribution < 1.29 is 23.8 Å². The third-order valence-electron chi connectivity index (χ3n) is 5.44. The fraction of sp³-hybridized carbons (Fsp3) is 0.926. The highest BCUT2D eigenvalue weighted by Crippen LogP contribution is 2.24. The van der Waals surface area contributed by atoms with Gasteiger partial charge in [0, 0.05) is 0 Å². The van der Waals surface area contributed by atoms with Crippen LogP contribution in [-0.2, 0) is 23.8 Å². The molecule has 1 unspecified atom stereocenters. The van der Waals surface area contributed by atoms with Gasteiger partial charge in [-0.25, -0.2) is 9.59 Å². The smallest absolute Gasteiger partial charge is 0.332 e. The third-order valence-corrected chi connectivity index (χ3v) is 5.44. The number of hydrogen-bond acceptors (Lipinski definition) is 5. The Hall–Kier alpha value is -1.10. The molecule has 5 nitrogen and oxygen atoms in total. The van der Waals surface area contributed by atoms with Crippen LogP contribution in [0.1, 0.15) is 125 Å². The Morgan fingerprint density at radius 3 is 1.59 bits per heavy atom. The monoisotopic (exact) mass is 456 g/mol. The Labute approximate surface area is 198 Å². The predicted octanol–water partition coefficient (Wildman–Crippen LogP) is 7.25. The number of carbonyl (C=O) groups excluding carboxylic acids is 2. The van der Waals surface area contributed by atoms with Crippen molar-refractivity contribution in [1.82, 2.24) is 0 Å². The van der Waals surface area contributed by atoms with Crippen molar-refractivity contribution in [3.63, 3.8) is 0 Å². The average molecular weight is 457 g/mol. The Bertz CT molecular complexity index is 455. The average Bonchev–Trinajstić information content (AvgIpc) is 2.71. The van der Waals surface area contributed by atoms with E-state index in [0.717, 1.165) is 19.3 Å². The summed E-state index contributed by atoms with van der Waals surface area (Å²) in [4.78, 5) is 23.4. The lowest BCUT2D eigenvalue weighted by molar-refractivity contribution is -0.156. The van der Waals surface area contributed by atoms with E-state index in [9.17, 15) is 9.59 Å². The summed E-state index contributed by atoms with van der Waals surface area (Å²) in [6.45, 7) is 11.2. The summed E-state index contributed by atoms with van der Waals surface area (Å²) < 4.78 is 15.5. The zero-order chi connectivity index (χ0) is 24.1. The first-order valence-electron chi connectivity index (χ1n) is 13.1. The Kier molecular flexibility index (Phi) is 19.8. The van der Waals surface area contributed by atoms with Crippen LogP contribution in [0.2, 0.25) is 0 Å². The van der Waals surface area contributed by atoms with E-state index in [1.54, 1.807) is 0 Å². The van der Waals surface area contributed by atoms with Crippen LogP contribution in [0.5, 0.6) is 0 Å². The SMILES string of the molecule is CCCCCCCCCCCCCCCOC(=O)COCC(=O)OCC(C)CC(C)(C)C. The van der Waals surface area contributed by atoms with Crippen molar-refractivity contribution in [1.29, 1.82) is 0 Å². The van der Waals surface area contributed by atoms with Crippen LogP contribution in [0, 0.1) is 11.3 Å². The minimum absolute atomic E-state index is 0.203. The number of esters is 2. The van der Waals surface area contributed by atoms with Gasteiger partial charge in [0.05, 0.1) is 13.2 Å². The van der Waals surface area contributed by atoms with Crippen molar-refractivity contribution >= 4 is 11.9 Å². The third kappa shape index (κ3) is 23.6. The molecule has 32 heavy (non-hydrogen) atoms. The van der Waals surface area contributed by atoms with Gasteiger partial charge in [-0.1, -0.05) is 112 Å². The van der Waals surface area contributed by atoms with E-state index in [4.69, 9.17) is 14.2 Å². The quantitative estimate of drug-likeness (QED) is 0.134. The summed E-state index contributed by atoms with van der Waals surface area (Å²) in [5, 5.41) is 0. The molecule has 0 rings (SSSR count). The van der Waals surface area contributed by atoms with Gasteiger partial charge in [0.1, 0.15) is 13.2 Å². The topological polar surface area (TPSA) is 61.8 Å². The Balaban J connectivity index is 3.40. The summed E-state index contributed by atoms with van der Waals surface area (Å²) >= 11 is 0. The first kappa shape index (κ1) is 30.9. The molecule has 0 aromatic rings. The number of rotatable bonds is 21. The maximum absolute atomic E-state index is 11.7. The summed E-state index contributed by atoms with van der Waals surface area (Å²) in [6.07, 6.45) is 17.7. The van der Waals surface area contributed by atoms with E-state index < -0.39 is 11.9 Å². The van der Waals surface area contributed by atoms with E-state index in [1.807, 2.05) is 0 Å². The Morgan fingerprint density at radius 2 is 1.12 bits per heavy atom. The molecule has 0 spiro atoms. The second-order valence-electron chi connectivity index (χ2n) is 10.5. The van der Waals surface area contributed by atoms with E-state index in [2.05, 4.69) is 34.6 Å². The normalized spacial score (nSPS) is 12.5. The molecule has 0 N–H and O–H groups in total. The minimum Gasteiger partial charge on any atom is -0.464 e. The first-order chi connectivity index (χ1) is 15.2. The van der Waals surface area contributed by atoms with Gasteiger partial charge in [0.15, 0.2) is 0 Å². The molecule has 0 radical (unpaired) electrons. The predicted molar refractivity (Wildman–Crippen MR) is 132 cm³/mol. The second-order valence-corrected chi connectivity index (χ2v) is 10.5. The maximum Gasteiger partial charge on any atom is 0.332 e. The molecule has 0 amide bonds. The fourth-order valence-electron chi connectivity index (χ4n) is 3.95. The van der Waals surface area contributed by atoms with Gasteiger partial charge in [-0.15, -0.1) is 0 Å². The van der Waals surface area contributed by atoms with Crippen molar-refractivity contribution in [3.8, 4) is 0 Å². The lowest BCUT2D eigenvalue weighted by atomic mass is 9.86. The molecule has 0 aromatic carbocycles. The molecule has 0 saturated carbocycles. The molecule has 0 aliphatic carbocycles. The van der Waals surface area contributed by atoms with Crippen LogP contribution in [0.25, 0.3) is 0 Å². The first-order valence-corrected chi connectivity index (χ1v) is 13.1. The van der Waals surface area contributed by atoms with Crippen LogP contribution in [0.3, 0.4) is 0 Å². The van der Waals surface area contributed by atoms with Crippen LogP contribution in [0.15, 0.2) is 0 Å². The van der Waals surface area contributed by atoms with Crippen LogP contribution < -0.4 is 0 Å². The van der Waals surface area contributed by atoms with Crippen molar-refractivity contribution in [2.75, 3.05) is 26.4 Å². The Morgan fingerprint density at radius 1 is 0.688 bits per heavy atom. The van der Waals surface area contributed by atoms with Gasteiger partial charge in [0.2, 0.25) is 0 Å². The van der Waals surface area contributed by atoms with Gasteiger partial charge in [-0.3, -0.25) is 0 Å². The molecular weight excluding hydrogens is 404 g/mol. The molecule has 0 aliphatic rings. The molecule has 1 atom stereocenters. The summed E-state index contributed by atoms with van der Waals surface area (Å²) in [5.74, 6) is -0.558. The molecule has 190 valence electrons. The molecule has 0 fully saturated rings. The molecule has 0 aromatic heterocycles. The van der Waals surface area contributed by atoms with Gasteiger partial charge >= 0.3 is 11.9 Å². The van der Waals surface area contributed by atoms with Crippen LogP contribution >= 0.6 is 0 Å². The van der Waals surface area contributed by atoms with Crippen molar-refractivity contribution in [2.24, 2.45) is 11.3 Å². The minimum atomic E-state index is -0.435. The van der Waals surface area contributed by atoms with E-state index in [1.165, 1.54) is 70.6 Å². The molecular formula is C27H52O5. The number of hydrogen-bond donors (Lipinski definition) is 0. The van der Waals surface area contributed by atoms with E-state index >= 15 is 0 Å². The molecule has 0 heterocycles. The molecule has 0 aliphatic heterocycles. The largest absolute Gasteiger partial charge is 0.464 e. The summed E-state index contributed by atoms with van der Waals surface area (Å²) in [6, 6.07) is 0. The van der Waals surface area contributed by atoms with Crippen molar-refractivity contribution in [2.45, 2.75) is 125 Å². The number of carbonyl (C=O) groups is 2. The van der Waals surface area contributed by atoms with Gasteiger partial charge in [-0.2, -0.15) is 0 Å². The highest BCUT2D eigenvalue weighted by Gasteiger charge is 2.17. The fourth-order valence-corrected chi connectivity index (χ4v) is 3.95. The van der Waals surface area contributed by atoms with Gasteiger partial charge in [-0.05, 0) is 24.2 Å². The summed E-state index contributed by atoms with van der Waals surface area (Å²) in [7, 11) is 0. The van der Waals surface area contributed by atoms with Gasteiger partial charge in [0.25, 0.3) is 0 Å². The zero-order valence-corrected chi connectivity index (χ0v) is 21.8.